The number of allylic oxidation sites excluding steroid dienone is 1. The Balaban J connectivity index is 2.68. The first-order valence-electron chi connectivity index (χ1n) is 3.44. The van der Waals surface area contributed by atoms with Crippen LogP contribution in [0.2, 0.25) is 0 Å². The highest BCUT2D eigenvalue weighted by Gasteiger charge is 2.15. The number of hydrogen-bond donors (Lipinski definition) is 1. The molecule has 1 heterocycles. The van der Waals surface area contributed by atoms with Crippen molar-refractivity contribution in [2.24, 2.45) is 0 Å². The number of nitrogens with zero attached hydrogens (tertiary/aromatic N) is 1. The van der Waals surface area contributed by atoms with Crippen LogP contribution in [0.25, 0.3) is 0 Å². The van der Waals surface area contributed by atoms with Gasteiger partial charge in [0.1, 0.15) is 5.03 Å². The van der Waals surface area contributed by atoms with E-state index < -0.39 is 0 Å². The molecule has 11 heavy (non-hydrogen) atoms. The summed E-state index contributed by atoms with van der Waals surface area (Å²) in [5.41, 5.74) is 0.231. The molecule has 1 N–H and O–H groups in total. The van der Waals surface area contributed by atoms with E-state index in [-0.39, 0.29) is 10.6 Å². The van der Waals surface area contributed by atoms with E-state index in [1.807, 2.05) is 0 Å². The molecule has 0 spiro atoms. The van der Waals surface area contributed by atoms with Gasteiger partial charge in [-0.25, -0.2) is 0 Å². The Labute approximate surface area is 69.2 Å². The topological polar surface area (TPSA) is 55.2 Å². The quantitative estimate of drug-likeness (QED) is 0.479. The Morgan fingerprint density at radius 3 is 3.00 bits per heavy atom. The van der Waals surface area contributed by atoms with Crippen LogP contribution in [0.5, 0.6) is 0 Å². The third-order valence-corrected chi connectivity index (χ3v) is 2.68. The lowest BCUT2D eigenvalue weighted by Crippen LogP contribution is -2.21. The molecule has 5 heteroatoms. The largest absolute Gasteiger partial charge is 0.375 e. The molecular formula is C6H10N2O2S. The maximum absolute atomic E-state index is 10.3. The van der Waals surface area contributed by atoms with Gasteiger partial charge >= 0.3 is 0 Å². The van der Waals surface area contributed by atoms with Crippen LogP contribution in [0, 0.1) is 10.1 Å². The summed E-state index contributed by atoms with van der Waals surface area (Å²) in [7, 11) is 0. The van der Waals surface area contributed by atoms with Gasteiger partial charge in [0.25, 0.3) is 5.70 Å². The molecule has 1 aliphatic heterocycles. The molecule has 0 aromatic carbocycles. The Morgan fingerprint density at radius 1 is 1.82 bits per heavy atom. The summed E-state index contributed by atoms with van der Waals surface area (Å²) in [6.07, 6.45) is 1.08. The summed E-state index contributed by atoms with van der Waals surface area (Å²) in [5.74, 6) is 0.980. The number of thioether (sulfide) groups is 1. The minimum atomic E-state index is -0.347. The number of hydrogen-bond acceptors (Lipinski definition) is 4. The standard InChI is InChI=1S/C6H10N2O2S/c1-5(8(9)10)6-7-3-2-4-11-6/h7H,2-4H2,1H3/b6-5+. The van der Waals surface area contributed by atoms with E-state index in [0.717, 1.165) is 23.7 Å². The highest BCUT2D eigenvalue weighted by molar-refractivity contribution is 8.03. The van der Waals surface area contributed by atoms with E-state index in [0.29, 0.717) is 0 Å². The van der Waals surface area contributed by atoms with Crippen LogP contribution in [0.3, 0.4) is 0 Å². The first kappa shape index (κ1) is 8.39. The highest BCUT2D eigenvalue weighted by atomic mass is 32.2. The van der Waals surface area contributed by atoms with Gasteiger partial charge in [0.15, 0.2) is 0 Å². The zero-order valence-electron chi connectivity index (χ0n) is 6.29. The van der Waals surface area contributed by atoms with Crippen molar-refractivity contribution in [3.05, 3.63) is 20.8 Å². The maximum atomic E-state index is 10.3. The van der Waals surface area contributed by atoms with Crippen molar-refractivity contribution in [2.75, 3.05) is 12.3 Å². The zero-order chi connectivity index (χ0) is 8.27. The lowest BCUT2D eigenvalue weighted by atomic mass is 10.4. The molecule has 1 rings (SSSR count). The molecule has 1 saturated heterocycles. The molecule has 0 amide bonds. The number of rotatable bonds is 1. The fraction of sp³-hybridized carbons (Fsp3) is 0.667. The number of nitrogens with one attached hydrogen (secondary N) is 1. The van der Waals surface area contributed by atoms with Gasteiger partial charge in [-0.3, -0.25) is 10.1 Å². The fourth-order valence-electron chi connectivity index (χ4n) is 0.815. The first-order chi connectivity index (χ1) is 5.22. The lowest BCUT2D eigenvalue weighted by Gasteiger charge is -2.14. The van der Waals surface area contributed by atoms with E-state index in [1.54, 1.807) is 0 Å². The van der Waals surface area contributed by atoms with Crippen molar-refractivity contribution >= 4 is 11.8 Å². The van der Waals surface area contributed by atoms with Crippen molar-refractivity contribution in [1.29, 1.82) is 0 Å². The molecule has 0 atom stereocenters. The summed E-state index contributed by atoms with van der Waals surface area (Å²) in [6.45, 7) is 2.38. The monoisotopic (exact) mass is 174 g/mol. The van der Waals surface area contributed by atoms with Crippen molar-refractivity contribution in [2.45, 2.75) is 13.3 Å². The summed E-state index contributed by atoms with van der Waals surface area (Å²) in [6, 6.07) is 0. The van der Waals surface area contributed by atoms with Crippen LogP contribution in [-0.4, -0.2) is 17.2 Å². The molecule has 1 fully saturated rings. The van der Waals surface area contributed by atoms with E-state index >= 15 is 0 Å². The van der Waals surface area contributed by atoms with Crippen molar-refractivity contribution in [1.82, 2.24) is 5.32 Å². The Morgan fingerprint density at radius 2 is 2.55 bits per heavy atom. The van der Waals surface area contributed by atoms with E-state index in [9.17, 15) is 10.1 Å². The zero-order valence-corrected chi connectivity index (χ0v) is 7.11. The molecule has 0 radical (unpaired) electrons. The molecule has 0 aromatic heterocycles. The minimum absolute atomic E-state index is 0.231. The fourth-order valence-corrected chi connectivity index (χ4v) is 1.79. The molecule has 0 unspecified atom stereocenters. The SMILES string of the molecule is C/C(=C1/NCCCS1)[N+](=O)[O-]. The van der Waals surface area contributed by atoms with Gasteiger partial charge in [-0.2, -0.15) is 0 Å². The van der Waals surface area contributed by atoms with Crippen molar-refractivity contribution < 1.29 is 4.92 Å². The average molecular weight is 174 g/mol. The third kappa shape index (κ3) is 2.11. The van der Waals surface area contributed by atoms with Crippen LogP contribution in [0.1, 0.15) is 13.3 Å². The Kier molecular flexibility index (Phi) is 2.76. The van der Waals surface area contributed by atoms with Crippen LogP contribution < -0.4 is 5.32 Å². The van der Waals surface area contributed by atoms with E-state index in [1.165, 1.54) is 18.7 Å². The predicted octanol–water partition coefficient (Wildman–Crippen LogP) is 1.18. The van der Waals surface area contributed by atoms with E-state index in [2.05, 4.69) is 5.32 Å². The second-order valence-electron chi connectivity index (χ2n) is 2.30. The van der Waals surface area contributed by atoms with Crippen LogP contribution in [0.15, 0.2) is 10.7 Å². The average Bonchev–Trinajstić information content (AvgIpc) is 2.05. The highest BCUT2D eigenvalue weighted by Crippen LogP contribution is 2.21. The lowest BCUT2D eigenvalue weighted by molar-refractivity contribution is -0.425. The van der Waals surface area contributed by atoms with Gasteiger partial charge in [-0.05, 0) is 6.42 Å². The first-order valence-corrected chi connectivity index (χ1v) is 4.42. The molecule has 0 aliphatic carbocycles. The van der Waals surface area contributed by atoms with Crippen molar-refractivity contribution in [3.63, 3.8) is 0 Å². The van der Waals surface area contributed by atoms with Gasteiger partial charge in [0, 0.05) is 19.2 Å². The van der Waals surface area contributed by atoms with Crippen molar-refractivity contribution in [3.8, 4) is 0 Å². The smallest absolute Gasteiger partial charge is 0.272 e. The van der Waals surface area contributed by atoms with Gasteiger partial charge in [0.05, 0.1) is 4.92 Å². The Hall–Kier alpha value is -0.710. The van der Waals surface area contributed by atoms with Crippen LogP contribution in [0.4, 0.5) is 0 Å². The minimum Gasteiger partial charge on any atom is -0.375 e. The molecule has 4 nitrogen and oxygen atoms in total. The van der Waals surface area contributed by atoms with E-state index in [4.69, 9.17) is 0 Å². The summed E-state index contributed by atoms with van der Waals surface area (Å²) >= 11 is 1.53. The maximum Gasteiger partial charge on any atom is 0.272 e. The Bertz CT molecular complexity index is 195. The van der Waals surface area contributed by atoms with Gasteiger partial charge in [-0.1, -0.05) is 0 Å². The normalized spacial score (nSPS) is 22.3. The summed E-state index contributed by atoms with van der Waals surface area (Å²) in [5, 5.41) is 14.0. The second-order valence-corrected chi connectivity index (χ2v) is 3.41. The summed E-state index contributed by atoms with van der Waals surface area (Å²) in [4.78, 5) is 9.95. The van der Waals surface area contributed by atoms with Gasteiger partial charge in [0.2, 0.25) is 0 Å². The molecule has 0 aromatic rings. The number of nitro groups is 1. The van der Waals surface area contributed by atoms with Gasteiger partial charge in [-0.15, -0.1) is 11.8 Å². The van der Waals surface area contributed by atoms with Gasteiger partial charge < -0.3 is 5.32 Å². The van der Waals surface area contributed by atoms with Crippen LogP contribution in [-0.2, 0) is 0 Å². The summed E-state index contributed by atoms with van der Waals surface area (Å²) < 4.78 is 0. The predicted molar refractivity (Wildman–Crippen MR) is 44.8 cm³/mol. The second kappa shape index (κ2) is 3.61. The molecule has 1 aliphatic rings. The molecule has 0 bridgehead atoms. The molecule has 0 saturated carbocycles. The molecular weight excluding hydrogens is 164 g/mol. The third-order valence-electron chi connectivity index (χ3n) is 1.46. The van der Waals surface area contributed by atoms with Crippen LogP contribution >= 0.6 is 11.8 Å². The molecule has 62 valence electrons.